The SMILES string of the molecule is c1ccc(-c2ccccc2-n2c3cccc4c5c(-c6ccccc6)c(-c6ccccc6)c(-c6ccccc6)c(-c6ccccc6)c5c5cccc2c5c43)cc1. The molecule has 1 heterocycles. The van der Waals surface area contributed by atoms with Crippen molar-refractivity contribution in [3.63, 3.8) is 0 Å². The van der Waals surface area contributed by atoms with Crippen LogP contribution in [-0.2, 0) is 0 Å². The van der Waals surface area contributed by atoms with Crippen LogP contribution >= 0.6 is 0 Å². The van der Waals surface area contributed by atoms with Crippen LogP contribution < -0.4 is 0 Å². The first-order chi connectivity index (χ1) is 27.4. The normalized spacial score (nSPS) is 11.6. The number of fused-ring (bicyclic) bond motifs is 3. The van der Waals surface area contributed by atoms with Crippen molar-refractivity contribution in [1.29, 1.82) is 0 Å². The summed E-state index contributed by atoms with van der Waals surface area (Å²) < 4.78 is 2.51. The third-order valence-corrected chi connectivity index (χ3v) is 11.3. The smallest absolute Gasteiger partial charge is 0.0547 e. The summed E-state index contributed by atoms with van der Waals surface area (Å²) in [5, 5.41) is 7.68. The van der Waals surface area contributed by atoms with Crippen molar-refractivity contribution in [1.82, 2.24) is 4.57 Å². The average Bonchev–Trinajstić information content (AvgIpc) is 3.62. The Morgan fingerprint density at radius 1 is 0.236 bits per heavy atom. The maximum absolute atomic E-state index is 2.51. The minimum Gasteiger partial charge on any atom is -0.309 e. The third kappa shape index (κ3) is 4.80. The van der Waals surface area contributed by atoms with Gasteiger partial charge in [0.15, 0.2) is 0 Å². The molecule has 1 nitrogen and oxygen atoms in total. The average molecular weight is 698 g/mol. The van der Waals surface area contributed by atoms with E-state index < -0.39 is 0 Å². The molecule has 0 N–H and O–H groups in total. The summed E-state index contributed by atoms with van der Waals surface area (Å²) in [6.07, 6.45) is 0. The molecule has 256 valence electrons. The van der Waals surface area contributed by atoms with Gasteiger partial charge in [0.2, 0.25) is 0 Å². The number of hydrogen-bond acceptors (Lipinski definition) is 0. The first-order valence-corrected chi connectivity index (χ1v) is 19.0. The molecule has 0 aliphatic heterocycles. The van der Waals surface area contributed by atoms with Crippen molar-refractivity contribution in [2.24, 2.45) is 0 Å². The van der Waals surface area contributed by atoms with Gasteiger partial charge in [-0.3, -0.25) is 0 Å². The Bertz CT molecular complexity index is 2970. The molecular weight excluding hydrogens is 663 g/mol. The second kappa shape index (κ2) is 12.7. The fraction of sp³-hybridized carbons (Fsp3) is 0. The molecule has 0 aliphatic carbocycles. The molecule has 0 saturated heterocycles. The largest absolute Gasteiger partial charge is 0.309 e. The van der Waals surface area contributed by atoms with Gasteiger partial charge in [-0.15, -0.1) is 0 Å². The molecule has 11 aromatic rings. The highest BCUT2D eigenvalue weighted by Crippen LogP contribution is 2.56. The molecule has 0 fully saturated rings. The van der Waals surface area contributed by atoms with E-state index in [-0.39, 0.29) is 0 Å². The van der Waals surface area contributed by atoms with Crippen molar-refractivity contribution < 1.29 is 0 Å². The van der Waals surface area contributed by atoms with Crippen LogP contribution in [0.15, 0.2) is 212 Å². The fourth-order valence-electron chi connectivity index (χ4n) is 9.18. The van der Waals surface area contributed by atoms with Crippen molar-refractivity contribution in [3.8, 4) is 61.3 Å². The van der Waals surface area contributed by atoms with E-state index in [1.54, 1.807) is 0 Å². The molecule has 0 radical (unpaired) electrons. The first-order valence-electron chi connectivity index (χ1n) is 19.0. The van der Waals surface area contributed by atoms with Gasteiger partial charge < -0.3 is 4.57 Å². The quantitative estimate of drug-likeness (QED) is 0.152. The lowest BCUT2D eigenvalue weighted by atomic mass is 9.76. The predicted octanol–water partition coefficient (Wildman–Crippen LogP) is 14.9. The summed E-state index contributed by atoms with van der Waals surface area (Å²) in [6, 6.07) is 77.6. The summed E-state index contributed by atoms with van der Waals surface area (Å²) in [7, 11) is 0. The number of nitrogens with zero attached hydrogens (tertiary/aromatic N) is 1. The maximum Gasteiger partial charge on any atom is 0.0547 e. The zero-order chi connectivity index (χ0) is 36.3. The van der Waals surface area contributed by atoms with Crippen LogP contribution in [-0.4, -0.2) is 4.57 Å². The Morgan fingerprint density at radius 3 is 1.00 bits per heavy atom. The lowest BCUT2D eigenvalue weighted by Crippen LogP contribution is -1.99. The molecule has 1 aromatic heterocycles. The molecule has 10 aromatic carbocycles. The summed E-state index contributed by atoms with van der Waals surface area (Å²) in [6.45, 7) is 0. The van der Waals surface area contributed by atoms with Gasteiger partial charge in [0.05, 0.1) is 16.7 Å². The summed E-state index contributed by atoms with van der Waals surface area (Å²) >= 11 is 0. The topological polar surface area (TPSA) is 4.93 Å². The molecule has 0 bridgehead atoms. The van der Waals surface area contributed by atoms with Crippen molar-refractivity contribution in [2.45, 2.75) is 0 Å². The minimum absolute atomic E-state index is 1.18. The Kier molecular flexibility index (Phi) is 7.25. The van der Waals surface area contributed by atoms with Gasteiger partial charge in [-0.05, 0) is 89.8 Å². The van der Waals surface area contributed by atoms with Crippen LogP contribution in [0.1, 0.15) is 0 Å². The molecular formula is C54H35N. The first kappa shape index (κ1) is 31.3. The summed E-state index contributed by atoms with van der Waals surface area (Å²) in [5.41, 5.74) is 15.8. The van der Waals surface area contributed by atoms with Crippen LogP contribution in [0.25, 0.3) is 105 Å². The van der Waals surface area contributed by atoms with E-state index in [0.717, 1.165) is 0 Å². The second-order valence-corrected chi connectivity index (χ2v) is 14.3. The zero-order valence-electron chi connectivity index (χ0n) is 30.2. The number of para-hydroxylation sites is 1. The summed E-state index contributed by atoms with van der Waals surface area (Å²) in [5.74, 6) is 0. The highest BCUT2D eigenvalue weighted by Gasteiger charge is 2.29. The molecule has 11 rings (SSSR count). The van der Waals surface area contributed by atoms with Crippen molar-refractivity contribution in [2.75, 3.05) is 0 Å². The van der Waals surface area contributed by atoms with Crippen LogP contribution in [0.2, 0.25) is 0 Å². The number of hydrogen-bond donors (Lipinski definition) is 0. The molecule has 1 heteroatoms. The van der Waals surface area contributed by atoms with Gasteiger partial charge in [0.1, 0.15) is 0 Å². The molecule has 0 unspecified atom stereocenters. The Hall–Kier alpha value is -7.22. The number of rotatable bonds is 6. The fourth-order valence-corrected chi connectivity index (χ4v) is 9.18. The molecule has 0 amide bonds. The lowest BCUT2D eigenvalue weighted by Gasteiger charge is -2.26. The molecule has 0 aliphatic rings. The Balaban J connectivity index is 1.44. The van der Waals surface area contributed by atoms with Crippen LogP contribution in [0.4, 0.5) is 0 Å². The van der Waals surface area contributed by atoms with E-state index in [1.807, 2.05) is 0 Å². The van der Waals surface area contributed by atoms with Gasteiger partial charge in [0, 0.05) is 16.3 Å². The van der Waals surface area contributed by atoms with Crippen LogP contribution in [0.5, 0.6) is 0 Å². The maximum atomic E-state index is 2.51. The standard InChI is InChI=1S/C54H35N/c1-6-20-36(21-7-1)41-30-16-17-33-44(41)55-45-34-18-31-42-51(45)52-43(32-19-35-46(52)55)54-50(40-28-14-5-15-29-40)48(38-24-10-3-11-25-38)47(37-22-8-2-9-23-37)49(53(42)54)39-26-12-4-13-27-39/h1-35H. The Labute approximate surface area is 320 Å². The molecule has 0 saturated carbocycles. The van der Waals surface area contributed by atoms with E-state index in [1.165, 1.54) is 105 Å². The minimum atomic E-state index is 1.18. The highest BCUT2D eigenvalue weighted by molar-refractivity contribution is 6.40. The number of aromatic nitrogens is 1. The predicted molar refractivity (Wildman–Crippen MR) is 234 cm³/mol. The van der Waals surface area contributed by atoms with Crippen LogP contribution in [0.3, 0.4) is 0 Å². The highest BCUT2D eigenvalue weighted by atomic mass is 15.0. The third-order valence-electron chi connectivity index (χ3n) is 11.3. The van der Waals surface area contributed by atoms with E-state index >= 15 is 0 Å². The lowest BCUT2D eigenvalue weighted by molar-refractivity contribution is 1.18. The van der Waals surface area contributed by atoms with Gasteiger partial charge in [0.25, 0.3) is 0 Å². The zero-order valence-corrected chi connectivity index (χ0v) is 30.2. The van der Waals surface area contributed by atoms with Gasteiger partial charge >= 0.3 is 0 Å². The van der Waals surface area contributed by atoms with Gasteiger partial charge in [-0.25, -0.2) is 0 Å². The van der Waals surface area contributed by atoms with E-state index in [9.17, 15) is 0 Å². The Morgan fingerprint density at radius 2 is 0.582 bits per heavy atom. The number of benzene rings is 10. The van der Waals surface area contributed by atoms with E-state index in [4.69, 9.17) is 0 Å². The molecule has 0 spiro atoms. The van der Waals surface area contributed by atoms with E-state index in [0.29, 0.717) is 0 Å². The molecule has 0 atom stereocenters. The summed E-state index contributed by atoms with van der Waals surface area (Å²) in [4.78, 5) is 0. The van der Waals surface area contributed by atoms with E-state index in [2.05, 4.69) is 217 Å². The van der Waals surface area contributed by atoms with Crippen molar-refractivity contribution >= 4 is 43.4 Å². The molecule has 55 heavy (non-hydrogen) atoms. The van der Waals surface area contributed by atoms with Crippen LogP contribution in [0, 0.1) is 0 Å². The van der Waals surface area contributed by atoms with Crippen molar-refractivity contribution in [3.05, 3.63) is 212 Å². The second-order valence-electron chi connectivity index (χ2n) is 14.3. The monoisotopic (exact) mass is 697 g/mol. The van der Waals surface area contributed by atoms with Gasteiger partial charge in [-0.1, -0.05) is 194 Å². The van der Waals surface area contributed by atoms with Gasteiger partial charge in [-0.2, -0.15) is 0 Å².